The Labute approximate surface area is 110 Å². The maximum absolute atomic E-state index is 11.0. The standard InChI is InChI=1S/C13H13N3O3/c1-9-3-2-4-11(13(9)16(17)18)19-8-10-5-6-15-12(14)7-10/h2-7H,8H2,1H3,(H2,14,15). The Balaban J connectivity index is 2.20. The van der Waals surface area contributed by atoms with E-state index in [0.717, 1.165) is 5.56 Å². The molecule has 0 aliphatic heterocycles. The first-order valence-electron chi connectivity index (χ1n) is 5.65. The molecule has 1 aromatic carbocycles. The molecule has 2 aromatic rings. The zero-order valence-corrected chi connectivity index (χ0v) is 10.4. The minimum absolute atomic E-state index is 0.00970. The summed E-state index contributed by atoms with van der Waals surface area (Å²) in [6.45, 7) is 1.88. The molecule has 6 heteroatoms. The first kappa shape index (κ1) is 12.8. The number of anilines is 1. The second-order valence-electron chi connectivity index (χ2n) is 4.06. The fourth-order valence-electron chi connectivity index (χ4n) is 1.73. The van der Waals surface area contributed by atoms with Crippen LogP contribution in [0.15, 0.2) is 36.5 Å². The van der Waals surface area contributed by atoms with E-state index >= 15 is 0 Å². The third-order valence-electron chi connectivity index (χ3n) is 2.62. The van der Waals surface area contributed by atoms with Crippen LogP contribution >= 0.6 is 0 Å². The Bertz CT molecular complexity index is 614. The predicted octanol–water partition coefficient (Wildman–Crippen LogP) is 2.46. The van der Waals surface area contributed by atoms with Crippen LogP contribution in [0, 0.1) is 17.0 Å². The van der Waals surface area contributed by atoms with Gasteiger partial charge in [0.2, 0.25) is 0 Å². The highest BCUT2D eigenvalue weighted by molar-refractivity contribution is 5.52. The molecule has 2 rings (SSSR count). The molecule has 0 atom stereocenters. The SMILES string of the molecule is Cc1cccc(OCc2ccnc(N)c2)c1[N+](=O)[O-]. The van der Waals surface area contributed by atoms with Gasteiger partial charge in [-0.2, -0.15) is 0 Å². The van der Waals surface area contributed by atoms with Crippen molar-refractivity contribution in [3.05, 3.63) is 57.8 Å². The smallest absolute Gasteiger partial charge is 0.313 e. The van der Waals surface area contributed by atoms with E-state index in [1.165, 1.54) is 0 Å². The third kappa shape index (κ3) is 2.98. The van der Waals surface area contributed by atoms with Crippen LogP contribution in [-0.4, -0.2) is 9.91 Å². The molecule has 0 saturated heterocycles. The number of nitrogen functional groups attached to an aromatic ring is 1. The fourth-order valence-corrected chi connectivity index (χ4v) is 1.73. The number of aromatic nitrogens is 1. The molecule has 0 aliphatic rings. The summed E-state index contributed by atoms with van der Waals surface area (Å²) in [5.41, 5.74) is 6.92. The van der Waals surface area contributed by atoms with Crippen molar-refractivity contribution in [2.75, 3.05) is 5.73 Å². The molecule has 0 saturated carbocycles. The van der Waals surface area contributed by atoms with Gasteiger partial charge in [0, 0.05) is 11.8 Å². The van der Waals surface area contributed by atoms with Gasteiger partial charge in [-0.1, -0.05) is 12.1 Å². The molecule has 1 heterocycles. The van der Waals surface area contributed by atoms with Crippen molar-refractivity contribution in [1.82, 2.24) is 4.98 Å². The Morgan fingerprint density at radius 3 is 2.89 bits per heavy atom. The lowest BCUT2D eigenvalue weighted by molar-refractivity contribution is -0.386. The third-order valence-corrected chi connectivity index (χ3v) is 2.62. The minimum atomic E-state index is -0.439. The van der Waals surface area contributed by atoms with E-state index in [1.54, 1.807) is 43.5 Å². The van der Waals surface area contributed by atoms with Crippen LogP contribution in [0.1, 0.15) is 11.1 Å². The van der Waals surface area contributed by atoms with Gasteiger partial charge in [-0.15, -0.1) is 0 Å². The summed E-state index contributed by atoms with van der Waals surface area (Å²) in [6.07, 6.45) is 1.57. The summed E-state index contributed by atoms with van der Waals surface area (Å²) in [6, 6.07) is 8.39. The van der Waals surface area contributed by atoms with Crippen molar-refractivity contribution < 1.29 is 9.66 Å². The number of ether oxygens (including phenoxy) is 1. The van der Waals surface area contributed by atoms with Crippen LogP contribution in [0.2, 0.25) is 0 Å². The topological polar surface area (TPSA) is 91.3 Å². The van der Waals surface area contributed by atoms with E-state index < -0.39 is 4.92 Å². The van der Waals surface area contributed by atoms with Crippen molar-refractivity contribution in [3.63, 3.8) is 0 Å². The molecular formula is C13H13N3O3. The average Bonchev–Trinajstić information content (AvgIpc) is 2.36. The van der Waals surface area contributed by atoms with Gasteiger partial charge < -0.3 is 10.5 Å². The van der Waals surface area contributed by atoms with Crippen molar-refractivity contribution in [3.8, 4) is 5.75 Å². The van der Waals surface area contributed by atoms with Crippen molar-refractivity contribution in [2.45, 2.75) is 13.5 Å². The molecule has 0 bridgehead atoms. The summed E-state index contributed by atoms with van der Waals surface area (Å²) in [4.78, 5) is 14.4. The second-order valence-corrected chi connectivity index (χ2v) is 4.06. The zero-order chi connectivity index (χ0) is 13.8. The zero-order valence-electron chi connectivity index (χ0n) is 10.4. The molecule has 0 aliphatic carbocycles. The number of aryl methyl sites for hydroxylation is 1. The quantitative estimate of drug-likeness (QED) is 0.672. The molecule has 98 valence electrons. The predicted molar refractivity (Wildman–Crippen MR) is 70.8 cm³/mol. The largest absolute Gasteiger partial charge is 0.482 e. The molecule has 19 heavy (non-hydrogen) atoms. The normalized spacial score (nSPS) is 10.2. The Hall–Kier alpha value is -2.63. The number of nitro benzene ring substituents is 1. The number of para-hydroxylation sites is 1. The van der Waals surface area contributed by atoms with Crippen LogP contribution in [0.3, 0.4) is 0 Å². The highest BCUT2D eigenvalue weighted by Gasteiger charge is 2.17. The summed E-state index contributed by atoms with van der Waals surface area (Å²) in [7, 11) is 0. The first-order chi connectivity index (χ1) is 9.08. The molecular weight excluding hydrogens is 246 g/mol. The molecule has 0 fully saturated rings. The molecule has 0 amide bonds. The van der Waals surface area contributed by atoms with E-state index in [0.29, 0.717) is 11.4 Å². The molecule has 2 N–H and O–H groups in total. The number of rotatable bonds is 4. The van der Waals surface area contributed by atoms with Gasteiger partial charge in [-0.05, 0) is 30.7 Å². The number of nitrogens with two attached hydrogens (primary N) is 1. The minimum Gasteiger partial charge on any atom is -0.482 e. The average molecular weight is 259 g/mol. The molecule has 0 unspecified atom stereocenters. The van der Waals surface area contributed by atoms with E-state index in [4.69, 9.17) is 10.5 Å². The Morgan fingerprint density at radius 2 is 2.21 bits per heavy atom. The monoisotopic (exact) mass is 259 g/mol. The lowest BCUT2D eigenvalue weighted by Gasteiger charge is -2.08. The van der Waals surface area contributed by atoms with Crippen molar-refractivity contribution >= 4 is 11.5 Å². The van der Waals surface area contributed by atoms with Gasteiger partial charge in [0.25, 0.3) is 0 Å². The number of nitrogens with zero attached hydrogens (tertiary/aromatic N) is 2. The van der Waals surface area contributed by atoms with Crippen LogP contribution < -0.4 is 10.5 Å². The van der Waals surface area contributed by atoms with E-state index in [2.05, 4.69) is 4.98 Å². The highest BCUT2D eigenvalue weighted by Crippen LogP contribution is 2.30. The van der Waals surface area contributed by atoms with Gasteiger partial charge >= 0.3 is 5.69 Å². The fraction of sp³-hybridized carbons (Fsp3) is 0.154. The number of hydrogen-bond donors (Lipinski definition) is 1. The summed E-state index contributed by atoms with van der Waals surface area (Å²) in [5, 5.41) is 11.0. The highest BCUT2D eigenvalue weighted by atomic mass is 16.6. The molecule has 6 nitrogen and oxygen atoms in total. The van der Waals surface area contributed by atoms with Crippen LogP contribution in [0.4, 0.5) is 11.5 Å². The van der Waals surface area contributed by atoms with E-state index in [-0.39, 0.29) is 18.0 Å². The summed E-state index contributed by atoms with van der Waals surface area (Å²) >= 11 is 0. The maximum Gasteiger partial charge on any atom is 0.313 e. The molecule has 0 radical (unpaired) electrons. The Morgan fingerprint density at radius 1 is 1.42 bits per heavy atom. The van der Waals surface area contributed by atoms with Gasteiger partial charge in [0.1, 0.15) is 12.4 Å². The van der Waals surface area contributed by atoms with Crippen molar-refractivity contribution in [2.24, 2.45) is 0 Å². The van der Waals surface area contributed by atoms with Crippen LogP contribution in [0.5, 0.6) is 5.75 Å². The number of benzene rings is 1. The van der Waals surface area contributed by atoms with Gasteiger partial charge in [-0.25, -0.2) is 4.98 Å². The lowest BCUT2D eigenvalue weighted by atomic mass is 10.2. The molecule has 0 spiro atoms. The van der Waals surface area contributed by atoms with E-state index in [1.807, 2.05) is 0 Å². The van der Waals surface area contributed by atoms with Crippen LogP contribution in [0.25, 0.3) is 0 Å². The summed E-state index contributed by atoms with van der Waals surface area (Å²) in [5.74, 6) is 0.639. The number of pyridine rings is 1. The van der Waals surface area contributed by atoms with Crippen LogP contribution in [-0.2, 0) is 6.61 Å². The van der Waals surface area contributed by atoms with Gasteiger partial charge in [0.05, 0.1) is 4.92 Å². The van der Waals surface area contributed by atoms with Crippen molar-refractivity contribution in [1.29, 1.82) is 0 Å². The maximum atomic E-state index is 11.0. The van der Waals surface area contributed by atoms with E-state index in [9.17, 15) is 10.1 Å². The Kier molecular flexibility index (Phi) is 3.61. The summed E-state index contributed by atoms with van der Waals surface area (Å²) < 4.78 is 5.50. The van der Waals surface area contributed by atoms with Gasteiger partial charge in [-0.3, -0.25) is 10.1 Å². The first-order valence-corrected chi connectivity index (χ1v) is 5.65. The number of nitro groups is 1. The lowest BCUT2D eigenvalue weighted by Crippen LogP contribution is -2.01. The number of hydrogen-bond acceptors (Lipinski definition) is 5. The second kappa shape index (κ2) is 5.34. The van der Waals surface area contributed by atoms with Gasteiger partial charge in [0.15, 0.2) is 5.75 Å². The molecule has 1 aromatic heterocycles.